The zero-order valence-electron chi connectivity index (χ0n) is 22.4. The van der Waals surface area contributed by atoms with E-state index < -0.39 is 23.4 Å². The van der Waals surface area contributed by atoms with Crippen molar-refractivity contribution in [1.29, 1.82) is 0 Å². The second-order valence-corrected chi connectivity index (χ2v) is 11.0. The summed E-state index contributed by atoms with van der Waals surface area (Å²) in [6, 6.07) is 8.26. The summed E-state index contributed by atoms with van der Waals surface area (Å²) in [6.07, 6.45) is 0.415. The highest BCUT2D eigenvalue weighted by atomic mass is 16.6. The average molecular weight is 469 g/mol. The lowest BCUT2D eigenvalue weighted by Crippen LogP contribution is -2.28. The highest BCUT2D eigenvalue weighted by Crippen LogP contribution is 2.29. The largest absolute Gasteiger partial charge is 0.444 e. The molecule has 2 rings (SSSR count). The van der Waals surface area contributed by atoms with Crippen LogP contribution >= 0.6 is 0 Å². The number of anilines is 2. The minimum absolute atomic E-state index is 0.473. The molecule has 0 radical (unpaired) electrons. The van der Waals surface area contributed by atoms with Crippen LogP contribution in [0.1, 0.15) is 74.9 Å². The molecule has 2 aromatic rings. The van der Waals surface area contributed by atoms with E-state index in [1.54, 1.807) is 0 Å². The molecule has 0 aliphatic heterocycles. The number of aryl methyl sites for hydroxylation is 6. The van der Waals surface area contributed by atoms with Crippen LogP contribution in [-0.4, -0.2) is 23.4 Å². The molecule has 2 N–H and O–H groups in total. The van der Waals surface area contributed by atoms with Crippen molar-refractivity contribution in [2.75, 3.05) is 10.6 Å². The Bertz CT molecular complexity index is 974. The Morgan fingerprint density at radius 1 is 0.647 bits per heavy atom. The molecule has 6 heteroatoms. The standard InChI is InChI=1S/C28H40N2O4/c1-17-13-19(3)23(29-25(31)33-27(5,6)7)21(15-17)11-12-22-16-18(2)14-20(4)24(22)30-26(32)34-28(8,9)10/h13-16H,11-12H2,1-10H3,(H,29,31)(H,30,32). The number of nitrogens with one attached hydrogen (secondary N) is 2. The van der Waals surface area contributed by atoms with E-state index in [0.29, 0.717) is 12.8 Å². The van der Waals surface area contributed by atoms with E-state index in [0.717, 1.165) is 44.8 Å². The molecule has 2 aromatic carbocycles. The first-order valence-corrected chi connectivity index (χ1v) is 11.7. The Labute approximate surface area is 204 Å². The predicted molar refractivity (Wildman–Crippen MR) is 139 cm³/mol. The number of rotatable bonds is 5. The SMILES string of the molecule is Cc1cc(C)c(NC(=O)OC(C)(C)C)c(CCc2cc(C)cc(C)c2NC(=O)OC(C)(C)C)c1. The van der Waals surface area contributed by atoms with Gasteiger partial charge in [0, 0.05) is 0 Å². The second kappa shape index (κ2) is 10.5. The van der Waals surface area contributed by atoms with Gasteiger partial charge in [0.15, 0.2) is 0 Å². The Morgan fingerprint density at radius 3 is 1.26 bits per heavy atom. The lowest BCUT2D eigenvalue weighted by Gasteiger charge is -2.23. The van der Waals surface area contributed by atoms with Crippen molar-refractivity contribution >= 4 is 23.6 Å². The summed E-state index contributed by atoms with van der Waals surface area (Å²) >= 11 is 0. The van der Waals surface area contributed by atoms with Gasteiger partial charge < -0.3 is 9.47 Å². The molecular formula is C28H40N2O4. The Kier molecular flexibility index (Phi) is 8.40. The van der Waals surface area contributed by atoms with Gasteiger partial charge in [-0.25, -0.2) is 9.59 Å². The fourth-order valence-electron chi connectivity index (χ4n) is 3.94. The second-order valence-electron chi connectivity index (χ2n) is 11.0. The van der Waals surface area contributed by atoms with Gasteiger partial charge in [0.2, 0.25) is 0 Å². The van der Waals surface area contributed by atoms with Crippen LogP contribution in [0.15, 0.2) is 24.3 Å². The van der Waals surface area contributed by atoms with Crippen molar-refractivity contribution in [3.63, 3.8) is 0 Å². The normalized spacial score (nSPS) is 11.7. The third-order valence-electron chi connectivity index (χ3n) is 5.04. The molecule has 0 aliphatic rings. The van der Waals surface area contributed by atoms with Gasteiger partial charge in [0.25, 0.3) is 0 Å². The molecule has 0 atom stereocenters. The zero-order valence-corrected chi connectivity index (χ0v) is 22.4. The molecule has 186 valence electrons. The number of benzene rings is 2. The Morgan fingerprint density at radius 2 is 0.971 bits per heavy atom. The Hall–Kier alpha value is -3.02. The van der Waals surface area contributed by atoms with E-state index in [9.17, 15) is 9.59 Å². The van der Waals surface area contributed by atoms with Gasteiger partial charge in [-0.15, -0.1) is 0 Å². The third-order valence-corrected chi connectivity index (χ3v) is 5.04. The molecule has 2 amide bonds. The van der Waals surface area contributed by atoms with Crippen LogP contribution in [0.4, 0.5) is 21.0 Å². The van der Waals surface area contributed by atoms with Crippen LogP contribution in [0.5, 0.6) is 0 Å². The van der Waals surface area contributed by atoms with Crippen LogP contribution in [0.25, 0.3) is 0 Å². The zero-order chi connectivity index (χ0) is 25.8. The van der Waals surface area contributed by atoms with Crippen LogP contribution in [-0.2, 0) is 22.3 Å². The minimum Gasteiger partial charge on any atom is -0.444 e. The maximum Gasteiger partial charge on any atom is 0.412 e. The van der Waals surface area contributed by atoms with E-state index in [2.05, 4.69) is 22.8 Å². The van der Waals surface area contributed by atoms with Gasteiger partial charge in [-0.05, 0) is 104 Å². The fourth-order valence-corrected chi connectivity index (χ4v) is 3.94. The van der Waals surface area contributed by atoms with Crippen LogP contribution in [0.3, 0.4) is 0 Å². The number of amides is 2. The molecule has 6 nitrogen and oxygen atoms in total. The summed E-state index contributed by atoms with van der Waals surface area (Å²) in [6.45, 7) is 19.1. The van der Waals surface area contributed by atoms with Crippen LogP contribution in [0.2, 0.25) is 0 Å². The smallest absolute Gasteiger partial charge is 0.412 e. The van der Waals surface area contributed by atoms with E-state index in [4.69, 9.17) is 9.47 Å². The number of carbonyl (C=O) groups excluding carboxylic acids is 2. The molecule has 0 saturated heterocycles. The highest BCUT2D eigenvalue weighted by Gasteiger charge is 2.20. The quantitative estimate of drug-likeness (QED) is 0.479. The van der Waals surface area contributed by atoms with Gasteiger partial charge in [-0.2, -0.15) is 0 Å². The fraction of sp³-hybridized carbons (Fsp3) is 0.500. The van der Waals surface area contributed by atoms with Gasteiger partial charge in [-0.3, -0.25) is 10.6 Å². The molecule has 0 fully saturated rings. The highest BCUT2D eigenvalue weighted by molar-refractivity contribution is 5.88. The van der Waals surface area contributed by atoms with Crippen molar-refractivity contribution in [2.24, 2.45) is 0 Å². The number of hydrogen-bond acceptors (Lipinski definition) is 4. The first-order valence-electron chi connectivity index (χ1n) is 11.7. The van der Waals surface area contributed by atoms with Crippen molar-refractivity contribution in [2.45, 2.75) is 93.3 Å². The topological polar surface area (TPSA) is 76.7 Å². The van der Waals surface area contributed by atoms with Gasteiger partial charge in [0.05, 0.1) is 11.4 Å². The number of ether oxygens (including phenoxy) is 2. The molecule has 0 bridgehead atoms. The van der Waals surface area contributed by atoms with Crippen LogP contribution < -0.4 is 10.6 Å². The number of carbonyl (C=O) groups is 2. The van der Waals surface area contributed by atoms with E-state index in [-0.39, 0.29) is 0 Å². The maximum absolute atomic E-state index is 12.5. The van der Waals surface area contributed by atoms with Crippen molar-refractivity contribution in [3.8, 4) is 0 Å². The lowest BCUT2D eigenvalue weighted by atomic mass is 9.95. The van der Waals surface area contributed by atoms with Gasteiger partial charge >= 0.3 is 12.2 Å². The van der Waals surface area contributed by atoms with Crippen molar-refractivity contribution in [3.05, 3.63) is 57.6 Å². The van der Waals surface area contributed by atoms with Gasteiger partial charge in [0.1, 0.15) is 11.2 Å². The van der Waals surface area contributed by atoms with Crippen molar-refractivity contribution in [1.82, 2.24) is 0 Å². The summed E-state index contributed by atoms with van der Waals surface area (Å²) < 4.78 is 10.9. The molecule has 0 unspecified atom stereocenters. The third kappa shape index (κ3) is 8.40. The Balaban J connectivity index is 2.32. The molecule has 34 heavy (non-hydrogen) atoms. The molecular weight excluding hydrogens is 428 g/mol. The summed E-state index contributed by atoms with van der Waals surface area (Å²) in [4.78, 5) is 25.0. The summed E-state index contributed by atoms with van der Waals surface area (Å²) in [5.74, 6) is 0. The molecule has 0 aromatic heterocycles. The average Bonchev–Trinajstić information content (AvgIpc) is 2.62. The van der Waals surface area contributed by atoms with Crippen molar-refractivity contribution < 1.29 is 19.1 Å². The minimum atomic E-state index is -0.579. The monoisotopic (exact) mass is 468 g/mol. The van der Waals surface area contributed by atoms with Crippen LogP contribution in [0, 0.1) is 27.7 Å². The summed E-state index contributed by atoms with van der Waals surface area (Å²) in [7, 11) is 0. The summed E-state index contributed by atoms with van der Waals surface area (Å²) in [5, 5.41) is 5.89. The first kappa shape index (κ1) is 27.2. The molecule has 0 heterocycles. The lowest BCUT2D eigenvalue weighted by molar-refractivity contribution is 0.0624. The predicted octanol–water partition coefficient (Wildman–Crippen LogP) is 7.40. The maximum atomic E-state index is 12.5. The van der Waals surface area contributed by atoms with E-state index in [1.165, 1.54) is 0 Å². The molecule has 0 saturated carbocycles. The number of hydrogen-bond donors (Lipinski definition) is 2. The van der Waals surface area contributed by atoms with E-state index >= 15 is 0 Å². The first-order chi connectivity index (χ1) is 15.5. The van der Waals surface area contributed by atoms with Gasteiger partial charge in [-0.1, -0.05) is 35.4 Å². The summed E-state index contributed by atoms with van der Waals surface area (Å²) in [5.41, 5.74) is 6.62. The molecule has 0 aliphatic carbocycles. The van der Waals surface area contributed by atoms with E-state index in [1.807, 2.05) is 81.4 Å². The molecule has 0 spiro atoms.